The molecule has 3 rings (SSSR count). The topological polar surface area (TPSA) is 24.7 Å². The van der Waals surface area contributed by atoms with Crippen LogP contribution in [0.5, 0.6) is 0 Å². The quantitative estimate of drug-likeness (QED) is 0.678. The van der Waals surface area contributed by atoms with Crippen molar-refractivity contribution in [2.24, 2.45) is 9.98 Å². The molecule has 0 heterocycles. The lowest BCUT2D eigenvalue weighted by molar-refractivity contribution is 1.50. The van der Waals surface area contributed by atoms with Crippen LogP contribution in [0.15, 0.2) is 93.9 Å². The zero-order valence-corrected chi connectivity index (χ0v) is 12.0. The van der Waals surface area contributed by atoms with E-state index in [0.717, 1.165) is 22.8 Å². The second-order valence-electron chi connectivity index (χ2n) is 4.53. The molecule has 0 N–H and O–H groups in total. The van der Waals surface area contributed by atoms with E-state index in [0.29, 0.717) is 5.03 Å². The fourth-order valence-electron chi connectivity index (χ4n) is 1.95. The average molecular weight is 293 g/mol. The molecule has 0 atom stereocenters. The van der Waals surface area contributed by atoms with Gasteiger partial charge in [0.25, 0.3) is 0 Å². The second-order valence-corrected chi connectivity index (χ2v) is 4.94. The van der Waals surface area contributed by atoms with Gasteiger partial charge in [0.05, 0.1) is 27.8 Å². The molecule has 0 aromatic heterocycles. The third-order valence-electron chi connectivity index (χ3n) is 2.95. The first-order chi connectivity index (χ1) is 10.3. The largest absolute Gasteiger partial charge is 0.249 e. The summed E-state index contributed by atoms with van der Waals surface area (Å²) in [7, 11) is 0. The van der Waals surface area contributed by atoms with Gasteiger partial charge in [-0.25, -0.2) is 9.98 Å². The van der Waals surface area contributed by atoms with Gasteiger partial charge in [-0.3, -0.25) is 0 Å². The van der Waals surface area contributed by atoms with E-state index in [9.17, 15) is 0 Å². The Hall–Kier alpha value is -2.45. The van der Waals surface area contributed by atoms with Gasteiger partial charge in [0.1, 0.15) is 0 Å². The van der Waals surface area contributed by atoms with Crippen molar-refractivity contribution in [1.82, 2.24) is 0 Å². The molecule has 0 fully saturated rings. The minimum absolute atomic E-state index is 0.594. The molecule has 21 heavy (non-hydrogen) atoms. The van der Waals surface area contributed by atoms with Gasteiger partial charge < -0.3 is 0 Å². The predicted octanol–water partition coefficient (Wildman–Crippen LogP) is 5.22. The van der Waals surface area contributed by atoms with Gasteiger partial charge in [0.2, 0.25) is 0 Å². The molecule has 2 aromatic carbocycles. The highest BCUT2D eigenvalue weighted by Gasteiger charge is 2.08. The fourth-order valence-corrected chi connectivity index (χ4v) is 2.17. The number of hydrogen-bond donors (Lipinski definition) is 0. The van der Waals surface area contributed by atoms with Crippen molar-refractivity contribution < 1.29 is 0 Å². The summed E-state index contributed by atoms with van der Waals surface area (Å²) < 4.78 is 0. The number of hydrogen-bond acceptors (Lipinski definition) is 2. The molecule has 0 bridgehead atoms. The summed E-state index contributed by atoms with van der Waals surface area (Å²) in [5.74, 6) is 0. The molecule has 0 saturated carbocycles. The Kier molecular flexibility index (Phi) is 4.08. The summed E-state index contributed by atoms with van der Waals surface area (Å²) >= 11 is 6.29. The number of benzene rings is 2. The molecule has 1 aliphatic rings. The minimum Gasteiger partial charge on any atom is -0.249 e. The van der Waals surface area contributed by atoms with Crippen molar-refractivity contribution in [1.29, 1.82) is 0 Å². The number of nitrogens with zero attached hydrogens (tertiary/aromatic N) is 2. The molecule has 2 nitrogen and oxygen atoms in total. The van der Waals surface area contributed by atoms with Crippen LogP contribution >= 0.6 is 11.6 Å². The molecule has 0 aliphatic heterocycles. The number of halogens is 1. The number of para-hydroxylation sites is 2. The molecule has 1 aliphatic carbocycles. The Bertz CT molecular complexity index is 741. The minimum atomic E-state index is 0.594. The van der Waals surface area contributed by atoms with Gasteiger partial charge in [-0.2, -0.15) is 0 Å². The molecule has 0 unspecified atom stereocenters. The normalized spacial score (nSPS) is 18.0. The van der Waals surface area contributed by atoms with Gasteiger partial charge in [-0.1, -0.05) is 48.0 Å². The molecule has 0 amide bonds. The second kappa shape index (κ2) is 6.33. The van der Waals surface area contributed by atoms with Crippen LogP contribution < -0.4 is 0 Å². The van der Waals surface area contributed by atoms with E-state index in [4.69, 9.17) is 11.6 Å². The lowest BCUT2D eigenvalue weighted by atomic mass is 10.1. The van der Waals surface area contributed by atoms with Crippen LogP contribution in [-0.4, -0.2) is 11.4 Å². The molecule has 0 saturated heterocycles. The third kappa shape index (κ3) is 3.56. The van der Waals surface area contributed by atoms with Gasteiger partial charge in [-0.15, -0.1) is 0 Å². The standard InChI is InChI=1S/C18H13ClN2/c19-17-13-16(20-14-7-3-1-4-8-14)11-12-18(17)21-15-9-5-2-6-10-15/h1-13H. The summed E-state index contributed by atoms with van der Waals surface area (Å²) in [6.07, 6.45) is 5.63. The Labute approximate surface area is 128 Å². The monoisotopic (exact) mass is 292 g/mol. The van der Waals surface area contributed by atoms with E-state index in [2.05, 4.69) is 9.98 Å². The van der Waals surface area contributed by atoms with E-state index in [1.165, 1.54) is 0 Å². The molecule has 102 valence electrons. The zero-order valence-electron chi connectivity index (χ0n) is 11.3. The number of allylic oxidation sites excluding steroid dienone is 4. The Morgan fingerprint density at radius 2 is 1.24 bits per heavy atom. The molecule has 0 spiro atoms. The summed E-state index contributed by atoms with van der Waals surface area (Å²) in [5, 5.41) is 0.594. The average Bonchev–Trinajstić information content (AvgIpc) is 2.52. The highest BCUT2D eigenvalue weighted by molar-refractivity contribution is 6.48. The van der Waals surface area contributed by atoms with Gasteiger partial charge >= 0.3 is 0 Å². The summed E-state index contributed by atoms with van der Waals surface area (Å²) in [4.78, 5) is 9.04. The fraction of sp³-hybridized carbons (Fsp3) is 0. The van der Waals surface area contributed by atoms with Gasteiger partial charge in [0, 0.05) is 0 Å². The Morgan fingerprint density at radius 1 is 0.667 bits per heavy atom. The Balaban J connectivity index is 1.86. The van der Waals surface area contributed by atoms with E-state index in [-0.39, 0.29) is 0 Å². The predicted molar refractivity (Wildman–Crippen MR) is 90.2 cm³/mol. The van der Waals surface area contributed by atoms with E-state index in [1.807, 2.05) is 78.9 Å². The first kappa shape index (κ1) is 13.5. The first-order valence-corrected chi connectivity index (χ1v) is 7.02. The smallest absolute Gasteiger partial charge is 0.0824 e. The van der Waals surface area contributed by atoms with Crippen molar-refractivity contribution in [2.45, 2.75) is 0 Å². The molecular weight excluding hydrogens is 280 g/mol. The highest BCUT2D eigenvalue weighted by atomic mass is 35.5. The van der Waals surface area contributed by atoms with Crippen molar-refractivity contribution in [3.8, 4) is 0 Å². The summed E-state index contributed by atoms with van der Waals surface area (Å²) in [6, 6.07) is 19.5. The highest BCUT2D eigenvalue weighted by Crippen LogP contribution is 2.19. The lowest BCUT2D eigenvalue weighted by Crippen LogP contribution is -2.03. The maximum atomic E-state index is 6.29. The zero-order chi connectivity index (χ0) is 14.5. The maximum absolute atomic E-state index is 6.29. The summed E-state index contributed by atoms with van der Waals surface area (Å²) in [5.41, 5.74) is 3.35. The molecule has 3 heteroatoms. The maximum Gasteiger partial charge on any atom is 0.0824 e. The molecule has 0 radical (unpaired) electrons. The van der Waals surface area contributed by atoms with Crippen LogP contribution in [0, 0.1) is 0 Å². The Morgan fingerprint density at radius 3 is 1.81 bits per heavy atom. The third-order valence-corrected chi connectivity index (χ3v) is 3.25. The van der Waals surface area contributed by atoms with Crippen LogP contribution in [0.3, 0.4) is 0 Å². The van der Waals surface area contributed by atoms with Crippen molar-refractivity contribution in [3.63, 3.8) is 0 Å². The van der Waals surface area contributed by atoms with Crippen LogP contribution in [0.1, 0.15) is 0 Å². The van der Waals surface area contributed by atoms with Crippen molar-refractivity contribution >= 4 is 34.4 Å². The van der Waals surface area contributed by atoms with Gasteiger partial charge in [-0.05, 0) is 42.5 Å². The SMILES string of the molecule is ClC1=CC(=Nc2ccccc2)C=CC1=Nc1ccccc1. The number of aliphatic imine (C=N–C) groups is 2. The van der Waals surface area contributed by atoms with Crippen molar-refractivity contribution in [2.75, 3.05) is 0 Å². The molecule has 2 aromatic rings. The van der Waals surface area contributed by atoms with Gasteiger partial charge in [0.15, 0.2) is 0 Å². The summed E-state index contributed by atoms with van der Waals surface area (Å²) in [6.45, 7) is 0. The van der Waals surface area contributed by atoms with Crippen LogP contribution in [-0.2, 0) is 0 Å². The molecular formula is C18H13ClN2. The first-order valence-electron chi connectivity index (χ1n) is 6.64. The van der Waals surface area contributed by atoms with E-state index < -0.39 is 0 Å². The van der Waals surface area contributed by atoms with Crippen LogP contribution in [0.2, 0.25) is 0 Å². The van der Waals surface area contributed by atoms with E-state index in [1.54, 1.807) is 0 Å². The van der Waals surface area contributed by atoms with Crippen LogP contribution in [0.4, 0.5) is 11.4 Å². The van der Waals surface area contributed by atoms with Crippen molar-refractivity contribution in [3.05, 3.63) is 83.9 Å². The number of rotatable bonds is 2. The van der Waals surface area contributed by atoms with E-state index >= 15 is 0 Å². The van der Waals surface area contributed by atoms with Crippen LogP contribution in [0.25, 0.3) is 0 Å². The lowest BCUT2D eigenvalue weighted by Gasteiger charge is -2.07.